The number of unbranched alkanes of at least 4 members (excludes halogenated alkanes) is 10. The number of rotatable bonds is 27. The van der Waals surface area contributed by atoms with Crippen molar-refractivity contribution >= 4 is 13.5 Å². The Kier molecular flexibility index (Phi) is 20.5. The fourth-order valence-corrected chi connectivity index (χ4v) is 7.05. The number of benzene rings is 1. The van der Waals surface area contributed by atoms with Crippen LogP contribution < -0.4 is 14.8 Å². The van der Waals surface area contributed by atoms with Gasteiger partial charge in [0.2, 0.25) is 5.91 Å². The lowest BCUT2D eigenvalue weighted by Crippen LogP contribution is -2.37. The van der Waals surface area contributed by atoms with Crippen molar-refractivity contribution in [1.29, 1.82) is 0 Å². The van der Waals surface area contributed by atoms with E-state index in [4.69, 9.17) is 18.5 Å². The van der Waals surface area contributed by atoms with Crippen LogP contribution in [0.5, 0.6) is 11.5 Å². The summed E-state index contributed by atoms with van der Waals surface area (Å²) in [5.41, 5.74) is 1.37. The summed E-state index contributed by atoms with van der Waals surface area (Å²) in [6.07, 6.45) is 11.9. The summed E-state index contributed by atoms with van der Waals surface area (Å²) in [7, 11) is -3.27. The molecule has 0 aliphatic carbocycles. The SMILES string of the molecule is CCCCCCCCCCCCCC(=O)NC(CCP(=O)(OCC)OCC)Cc1ccc(OCc2cc(OCC(F)(F)F)ccn2)cc1. The van der Waals surface area contributed by atoms with Gasteiger partial charge in [-0.15, -0.1) is 0 Å². The first-order chi connectivity index (χ1) is 23.1. The molecule has 0 radical (unpaired) electrons. The average Bonchev–Trinajstić information content (AvgIpc) is 3.05. The highest BCUT2D eigenvalue weighted by Crippen LogP contribution is 2.48. The Balaban J connectivity index is 1.88. The molecule has 12 heteroatoms. The molecule has 2 aromatic rings. The minimum atomic E-state index is -4.43. The number of carbonyl (C=O) groups excluding carboxylic acids is 1. The predicted molar refractivity (Wildman–Crippen MR) is 184 cm³/mol. The largest absolute Gasteiger partial charge is 0.487 e. The van der Waals surface area contributed by atoms with Gasteiger partial charge in [-0.2, -0.15) is 13.2 Å². The molecular weight excluding hydrogens is 644 g/mol. The van der Waals surface area contributed by atoms with Crippen molar-refractivity contribution in [1.82, 2.24) is 10.3 Å². The molecule has 0 saturated carbocycles. The zero-order valence-electron chi connectivity index (χ0n) is 29.0. The van der Waals surface area contributed by atoms with Gasteiger partial charge in [0.1, 0.15) is 18.1 Å². The number of nitrogens with zero attached hydrogens (tertiary/aromatic N) is 1. The first-order valence-corrected chi connectivity index (χ1v) is 19.3. The van der Waals surface area contributed by atoms with Crippen LogP contribution in [-0.2, 0) is 31.4 Å². The van der Waals surface area contributed by atoms with E-state index in [-0.39, 0.29) is 43.7 Å². The molecule has 1 heterocycles. The van der Waals surface area contributed by atoms with Crippen molar-refractivity contribution in [2.24, 2.45) is 0 Å². The standard InChI is InChI=1S/C36H56F3N2O6P/c1-4-7-8-9-10-11-12-13-14-15-16-17-35(42)41-31(23-25-48(43,46-5-2)47-6-3)26-30-18-20-33(21-19-30)44-28-32-27-34(22-24-40-32)45-29-36(37,38)39/h18-22,24,27,31H,4-17,23,25-26,28-29H2,1-3H3,(H,41,42). The third-order valence-corrected chi connectivity index (χ3v) is 9.87. The third-order valence-electron chi connectivity index (χ3n) is 7.76. The Morgan fingerprint density at radius 3 is 2.02 bits per heavy atom. The fourth-order valence-electron chi connectivity index (χ4n) is 5.30. The van der Waals surface area contributed by atoms with Gasteiger partial charge in [-0.25, -0.2) is 0 Å². The minimum Gasteiger partial charge on any atom is -0.487 e. The Morgan fingerprint density at radius 1 is 0.833 bits per heavy atom. The smallest absolute Gasteiger partial charge is 0.422 e. The maximum absolute atomic E-state index is 13.1. The monoisotopic (exact) mass is 700 g/mol. The number of alkyl halides is 3. The van der Waals surface area contributed by atoms with Crippen molar-refractivity contribution in [3.8, 4) is 11.5 Å². The summed E-state index contributed by atoms with van der Waals surface area (Å²) >= 11 is 0. The summed E-state index contributed by atoms with van der Waals surface area (Å²) in [6.45, 7) is 4.99. The minimum absolute atomic E-state index is 0.0209. The molecule has 0 fully saturated rings. The van der Waals surface area contributed by atoms with Gasteiger partial charge < -0.3 is 23.8 Å². The Morgan fingerprint density at radius 2 is 1.44 bits per heavy atom. The van der Waals surface area contributed by atoms with Crippen LogP contribution in [0.2, 0.25) is 0 Å². The molecule has 8 nitrogen and oxygen atoms in total. The molecule has 1 amide bonds. The zero-order valence-corrected chi connectivity index (χ0v) is 29.9. The summed E-state index contributed by atoms with van der Waals surface area (Å²) in [4.78, 5) is 17.1. The van der Waals surface area contributed by atoms with Crippen LogP contribution in [-0.4, -0.2) is 49.1 Å². The van der Waals surface area contributed by atoms with Crippen LogP contribution in [0.15, 0.2) is 42.6 Å². The molecule has 1 aromatic carbocycles. The van der Waals surface area contributed by atoms with E-state index in [0.29, 0.717) is 30.7 Å². The molecule has 1 N–H and O–H groups in total. The summed E-state index contributed by atoms with van der Waals surface area (Å²) in [5, 5.41) is 3.15. The van der Waals surface area contributed by atoms with Gasteiger partial charge in [0.05, 0.1) is 25.1 Å². The van der Waals surface area contributed by atoms with Crippen LogP contribution in [0.1, 0.15) is 115 Å². The average molecular weight is 701 g/mol. The van der Waals surface area contributed by atoms with Crippen LogP contribution in [0.3, 0.4) is 0 Å². The summed E-state index contributed by atoms with van der Waals surface area (Å²) in [5.74, 6) is 0.593. The number of hydrogen-bond acceptors (Lipinski definition) is 7. The van der Waals surface area contributed by atoms with Crippen molar-refractivity contribution in [2.45, 2.75) is 129 Å². The number of nitrogens with one attached hydrogen (secondary N) is 1. The van der Waals surface area contributed by atoms with Gasteiger partial charge in [-0.3, -0.25) is 14.3 Å². The Hall–Kier alpha value is -2.62. The lowest BCUT2D eigenvalue weighted by molar-refractivity contribution is -0.153. The van der Waals surface area contributed by atoms with Gasteiger partial charge in [-0.1, -0.05) is 83.3 Å². The van der Waals surface area contributed by atoms with Gasteiger partial charge in [0.15, 0.2) is 6.61 Å². The van der Waals surface area contributed by atoms with Gasteiger partial charge in [-0.05, 0) is 56.9 Å². The first-order valence-electron chi connectivity index (χ1n) is 17.6. The molecule has 0 aliphatic heterocycles. The molecule has 0 bridgehead atoms. The number of pyridine rings is 1. The molecule has 1 unspecified atom stereocenters. The highest BCUT2D eigenvalue weighted by atomic mass is 31.2. The number of hydrogen-bond donors (Lipinski definition) is 1. The Bertz CT molecular complexity index is 1190. The number of amides is 1. The summed E-state index contributed by atoms with van der Waals surface area (Å²) < 4.78 is 72.1. The Labute approximate surface area is 285 Å². The molecule has 48 heavy (non-hydrogen) atoms. The number of halogens is 3. The first kappa shape index (κ1) is 41.6. The van der Waals surface area contributed by atoms with E-state index in [1.165, 1.54) is 69.7 Å². The van der Waals surface area contributed by atoms with E-state index >= 15 is 0 Å². The van der Waals surface area contributed by atoms with Crippen LogP contribution in [0.4, 0.5) is 13.2 Å². The topological polar surface area (TPSA) is 96.0 Å². The molecule has 1 aromatic heterocycles. The lowest BCUT2D eigenvalue weighted by Gasteiger charge is -2.22. The number of aromatic nitrogens is 1. The van der Waals surface area contributed by atoms with E-state index in [2.05, 4.69) is 17.2 Å². The van der Waals surface area contributed by atoms with Crippen LogP contribution >= 0.6 is 7.60 Å². The molecule has 272 valence electrons. The van der Waals surface area contributed by atoms with E-state index < -0.39 is 20.4 Å². The van der Waals surface area contributed by atoms with Gasteiger partial charge in [0, 0.05) is 24.7 Å². The zero-order chi connectivity index (χ0) is 35.1. The van der Waals surface area contributed by atoms with Crippen molar-refractivity contribution in [3.05, 3.63) is 53.9 Å². The van der Waals surface area contributed by atoms with Crippen LogP contribution in [0, 0.1) is 0 Å². The van der Waals surface area contributed by atoms with Crippen molar-refractivity contribution < 1.29 is 41.1 Å². The fraction of sp³-hybridized carbons (Fsp3) is 0.667. The molecule has 0 spiro atoms. The molecule has 0 saturated heterocycles. The van der Waals surface area contributed by atoms with E-state index in [1.807, 2.05) is 12.1 Å². The predicted octanol–water partition coefficient (Wildman–Crippen LogP) is 9.99. The second kappa shape index (κ2) is 23.7. The van der Waals surface area contributed by atoms with E-state index in [0.717, 1.165) is 24.8 Å². The second-order valence-corrected chi connectivity index (χ2v) is 14.2. The molecular formula is C36H56F3N2O6P. The molecule has 0 aliphatic rings. The summed E-state index contributed by atoms with van der Waals surface area (Å²) in [6, 6.07) is 9.85. The third kappa shape index (κ3) is 19.4. The molecule has 1 atom stereocenters. The second-order valence-electron chi connectivity index (χ2n) is 12.0. The quantitative estimate of drug-likeness (QED) is 0.0732. The number of ether oxygens (including phenoxy) is 2. The van der Waals surface area contributed by atoms with Gasteiger partial charge >= 0.3 is 13.8 Å². The maximum atomic E-state index is 13.1. The van der Waals surface area contributed by atoms with Crippen LogP contribution in [0.25, 0.3) is 0 Å². The van der Waals surface area contributed by atoms with Crippen molar-refractivity contribution in [3.63, 3.8) is 0 Å². The van der Waals surface area contributed by atoms with Crippen molar-refractivity contribution in [2.75, 3.05) is 26.0 Å². The molecule has 2 rings (SSSR count). The highest BCUT2D eigenvalue weighted by Gasteiger charge is 2.28. The van der Waals surface area contributed by atoms with E-state index in [9.17, 15) is 22.5 Å². The number of carbonyl (C=O) groups is 1. The van der Waals surface area contributed by atoms with E-state index in [1.54, 1.807) is 26.0 Å². The van der Waals surface area contributed by atoms with Gasteiger partial charge in [0.25, 0.3) is 0 Å². The lowest BCUT2D eigenvalue weighted by atomic mass is 10.0. The maximum Gasteiger partial charge on any atom is 0.422 e. The highest BCUT2D eigenvalue weighted by molar-refractivity contribution is 7.53. The normalized spacial score (nSPS) is 12.5.